The maximum Gasteiger partial charge on any atom is 0.167 e. The number of hydrogen-bond donors (Lipinski definition) is 0. The first-order chi connectivity index (χ1) is 7.83. The van der Waals surface area contributed by atoms with Crippen molar-refractivity contribution in [1.29, 1.82) is 0 Å². The maximum absolute atomic E-state index is 10.1. The normalized spacial score (nSPS) is 10.9. The number of hydrogen-bond acceptors (Lipinski definition) is 3. The zero-order chi connectivity index (χ0) is 11.8. The van der Waals surface area contributed by atoms with Crippen molar-refractivity contribution >= 4 is 12.4 Å². The molecule has 0 heterocycles. The van der Waals surface area contributed by atoms with Gasteiger partial charge in [0.2, 0.25) is 0 Å². The van der Waals surface area contributed by atoms with E-state index >= 15 is 0 Å². The SMILES string of the molecule is COc1cccc(C=CC=CC=O)c1OC. The molecule has 16 heavy (non-hydrogen) atoms. The van der Waals surface area contributed by atoms with E-state index in [-0.39, 0.29) is 0 Å². The molecule has 0 saturated carbocycles. The molecule has 0 unspecified atom stereocenters. The van der Waals surface area contributed by atoms with Crippen molar-refractivity contribution in [3.63, 3.8) is 0 Å². The van der Waals surface area contributed by atoms with Crippen molar-refractivity contribution in [2.24, 2.45) is 0 Å². The van der Waals surface area contributed by atoms with E-state index in [1.165, 1.54) is 6.08 Å². The van der Waals surface area contributed by atoms with Crippen LogP contribution >= 0.6 is 0 Å². The summed E-state index contributed by atoms with van der Waals surface area (Å²) in [6, 6.07) is 5.62. The van der Waals surface area contributed by atoms with Crippen molar-refractivity contribution in [2.75, 3.05) is 14.2 Å². The third-order valence-electron chi connectivity index (χ3n) is 2.01. The predicted octanol–water partition coefficient (Wildman–Crippen LogP) is 2.47. The summed E-state index contributed by atoms with van der Waals surface area (Å²) in [6.45, 7) is 0. The van der Waals surface area contributed by atoms with Crippen LogP contribution in [-0.4, -0.2) is 20.5 Å². The number of ether oxygens (including phenoxy) is 2. The van der Waals surface area contributed by atoms with Crippen molar-refractivity contribution in [3.8, 4) is 11.5 Å². The summed E-state index contributed by atoms with van der Waals surface area (Å²) in [7, 11) is 3.19. The minimum atomic E-state index is 0.681. The zero-order valence-electron chi connectivity index (χ0n) is 9.34. The molecule has 0 radical (unpaired) electrons. The van der Waals surface area contributed by atoms with Gasteiger partial charge in [-0.3, -0.25) is 4.79 Å². The summed E-state index contributed by atoms with van der Waals surface area (Å²) in [5.74, 6) is 1.37. The first-order valence-corrected chi connectivity index (χ1v) is 4.83. The standard InChI is InChI=1S/C13H14O3/c1-15-12-9-6-8-11(13(12)16-2)7-4-3-5-10-14/h3-10H,1-2H3. The van der Waals surface area contributed by atoms with Crippen LogP contribution in [0.5, 0.6) is 11.5 Å². The third-order valence-corrected chi connectivity index (χ3v) is 2.01. The van der Waals surface area contributed by atoms with Gasteiger partial charge in [-0.15, -0.1) is 0 Å². The fourth-order valence-corrected chi connectivity index (χ4v) is 1.31. The Hall–Kier alpha value is -2.03. The zero-order valence-corrected chi connectivity index (χ0v) is 9.34. The van der Waals surface area contributed by atoms with E-state index < -0.39 is 0 Å². The van der Waals surface area contributed by atoms with Crippen molar-refractivity contribution in [2.45, 2.75) is 0 Å². The number of rotatable bonds is 5. The van der Waals surface area contributed by atoms with Gasteiger partial charge in [-0.05, 0) is 12.1 Å². The van der Waals surface area contributed by atoms with E-state index in [0.717, 1.165) is 11.8 Å². The van der Waals surface area contributed by atoms with Gasteiger partial charge in [0.15, 0.2) is 11.5 Å². The number of allylic oxidation sites excluding steroid dienone is 3. The van der Waals surface area contributed by atoms with Crippen LogP contribution in [0.1, 0.15) is 5.56 Å². The lowest BCUT2D eigenvalue weighted by atomic mass is 10.1. The average Bonchev–Trinajstić information content (AvgIpc) is 2.34. The van der Waals surface area contributed by atoms with Crippen molar-refractivity contribution in [1.82, 2.24) is 0 Å². The number of para-hydroxylation sites is 1. The lowest BCUT2D eigenvalue weighted by Crippen LogP contribution is -1.92. The Morgan fingerprint density at radius 2 is 1.88 bits per heavy atom. The van der Waals surface area contributed by atoms with Crippen LogP contribution in [0.4, 0.5) is 0 Å². The van der Waals surface area contributed by atoms with Crippen LogP contribution in [-0.2, 0) is 4.79 Å². The van der Waals surface area contributed by atoms with Crippen molar-refractivity contribution < 1.29 is 14.3 Å². The highest BCUT2D eigenvalue weighted by Gasteiger charge is 2.05. The highest BCUT2D eigenvalue weighted by Crippen LogP contribution is 2.31. The van der Waals surface area contributed by atoms with Gasteiger partial charge in [0, 0.05) is 5.56 Å². The molecule has 0 aliphatic heterocycles. The molecule has 0 bridgehead atoms. The average molecular weight is 218 g/mol. The van der Waals surface area contributed by atoms with Crippen LogP contribution in [0, 0.1) is 0 Å². The van der Waals surface area contributed by atoms with Crippen LogP contribution in [0.3, 0.4) is 0 Å². The minimum absolute atomic E-state index is 0.681. The molecule has 0 aliphatic rings. The first kappa shape index (κ1) is 12.0. The number of aldehydes is 1. The van der Waals surface area contributed by atoms with E-state index in [0.29, 0.717) is 11.5 Å². The highest BCUT2D eigenvalue weighted by molar-refractivity contribution is 5.67. The minimum Gasteiger partial charge on any atom is -0.493 e. The van der Waals surface area contributed by atoms with E-state index in [1.807, 2.05) is 24.3 Å². The molecule has 3 heteroatoms. The predicted molar refractivity (Wildman–Crippen MR) is 63.8 cm³/mol. The van der Waals surface area contributed by atoms with Gasteiger partial charge < -0.3 is 9.47 Å². The molecule has 0 saturated heterocycles. The molecule has 1 rings (SSSR count). The Morgan fingerprint density at radius 3 is 2.50 bits per heavy atom. The first-order valence-electron chi connectivity index (χ1n) is 4.83. The van der Waals surface area contributed by atoms with E-state index in [9.17, 15) is 4.79 Å². The Labute approximate surface area is 95.0 Å². The largest absolute Gasteiger partial charge is 0.493 e. The van der Waals surface area contributed by atoms with Gasteiger partial charge in [-0.25, -0.2) is 0 Å². The molecule has 0 aromatic heterocycles. The Balaban J connectivity index is 2.99. The fourth-order valence-electron chi connectivity index (χ4n) is 1.31. The van der Waals surface area contributed by atoms with E-state index in [4.69, 9.17) is 9.47 Å². The van der Waals surface area contributed by atoms with Gasteiger partial charge in [0.1, 0.15) is 6.29 Å². The summed E-state index contributed by atoms with van der Waals surface area (Å²) in [5, 5.41) is 0. The second-order valence-corrected chi connectivity index (χ2v) is 2.96. The van der Waals surface area contributed by atoms with Crippen LogP contribution in [0.2, 0.25) is 0 Å². The lowest BCUT2D eigenvalue weighted by Gasteiger charge is -2.09. The summed E-state index contributed by atoms with van der Waals surface area (Å²) in [4.78, 5) is 10.1. The van der Waals surface area contributed by atoms with Crippen LogP contribution in [0.15, 0.2) is 36.4 Å². The quantitative estimate of drug-likeness (QED) is 0.432. The number of carbonyl (C=O) groups is 1. The second kappa shape index (κ2) is 6.45. The topological polar surface area (TPSA) is 35.5 Å². The lowest BCUT2D eigenvalue weighted by molar-refractivity contribution is -0.104. The smallest absolute Gasteiger partial charge is 0.167 e. The van der Waals surface area contributed by atoms with Gasteiger partial charge in [-0.2, -0.15) is 0 Å². The van der Waals surface area contributed by atoms with Gasteiger partial charge >= 0.3 is 0 Å². The molecule has 0 N–H and O–H groups in total. The van der Waals surface area contributed by atoms with E-state index in [2.05, 4.69) is 0 Å². The number of methoxy groups -OCH3 is 2. The molecular formula is C13H14O3. The molecular weight excluding hydrogens is 204 g/mol. The monoisotopic (exact) mass is 218 g/mol. The number of benzene rings is 1. The molecule has 0 fully saturated rings. The van der Waals surface area contributed by atoms with Crippen LogP contribution in [0.25, 0.3) is 6.08 Å². The summed E-state index contributed by atoms with van der Waals surface area (Å²) < 4.78 is 10.4. The molecule has 0 amide bonds. The Kier molecular flexibility index (Phi) is 4.86. The summed E-state index contributed by atoms with van der Waals surface area (Å²) in [6.07, 6.45) is 7.43. The van der Waals surface area contributed by atoms with Gasteiger partial charge in [-0.1, -0.05) is 30.4 Å². The highest BCUT2D eigenvalue weighted by atomic mass is 16.5. The van der Waals surface area contributed by atoms with Gasteiger partial charge in [0.25, 0.3) is 0 Å². The number of carbonyl (C=O) groups excluding carboxylic acids is 1. The molecule has 84 valence electrons. The molecule has 3 nitrogen and oxygen atoms in total. The Bertz CT molecular complexity index is 406. The van der Waals surface area contributed by atoms with Crippen molar-refractivity contribution in [3.05, 3.63) is 42.0 Å². The van der Waals surface area contributed by atoms with Crippen LogP contribution < -0.4 is 9.47 Å². The maximum atomic E-state index is 10.1. The van der Waals surface area contributed by atoms with E-state index in [1.54, 1.807) is 26.4 Å². The molecule has 0 atom stereocenters. The Morgan fingerprint density at radius 1 is 1.06 bits per heavy atom. The molecule has 0 spiro atoms. The second-order valence-electron chi connectivity index (χ2n) is 2.96. The summed E-state index contributed by atoms with van der Waals surface area (Å²) >= 11 is 0. The molecule has 1 aromatic rings. The third kappa shape index (κ3) is 2.98. The summed E-state index contributed by atoms with van der Waals surface area (Å²) in [5.41, 5.74) is 0.900. The van der Waals surface area contributed by atoms with Gasteiger partial charge in [0.05, 0.1) is 14.2 Å². The molecule has 1 aromatic carbocycles. The fraction of sp³-hybridized carbons (Fsp3) is 0.154. The molecule has 0 aliphatic carbocycles.